The third-order valence-corrected chi connectivity index (χ3v) is 2.26. The fraction of sp³-hybridized carbons (Fsp3) is 0.300. The number of alkyl halides is 1. The third kappa shape index (κ3) is 3.25. The molecule has 0 aliphatic rings. The number of benzene rings is 1. The van der Waals surface area contributed by atoms with Gasteiger partial charge in [-0.05, 0) is 12.1 Å². The molecule has 0 aromatic heterocycles. The van der Waals surface area contributed by atoms with Gasteiger partial charge in [-0.15, -0.1) is 0 Å². The van der Waals surface area contributed by atoms with Gasteiger partial charge in [0, 0.05) is 11.4 Å². The molecule has 0 amide bonds. The molecule has 0 unspecified atom stereocenters. The maximum atomic E-state index is 11.9. The van der Waals surface area contributed by atoms with E-state index in [-0.39, 0.29) is 34.4 Å². The van der Waals surface area contributed by atoms with Gasteiger partial charge in [0.2, 0.25) is 0 Å². The molecule has 0 saturated heterocycles. The molecule has 1 aromatic rings. The molecule has 0 heterocycles. The Morgan fingerprint density at radius 1 is 1.44 bits per heavy atom. The number of carboxylic acid groups (broad SMARTS) is 1. The van der Waals surface area contributed by atoms with E-state index < -0.39 is 12.6 Å². The molecule has 0 aliphatic heterocycles. The minimum Gasteiger partial charge on any atom is -0.491 e. The van der Waals surface area contributed by atoms with Crippen LogP contribution in [0.2, 0.25) is 10.0 Å². The van der Waals surface area contributed by atoms with E-state index in [4.69, 9.17) is 33.0 Å². The van der Waals surface area contributed by atoms with Gasteiger partial charge < -0.3 is 9.84 Å². The van der Waals surface area contributed by atoms with Crippen molar-refractivity contribution in [3.63, 3.8) is 0 Å². The molecule has 6 heteroatoms. The van der Waals surface area contributed by atoms with Crippen LogP contribution in [0.1, 0.15) is 16.8 Å². The van der Waals surface area contributed by atoms with Crippen molar-refractivity contribution in [3.05, 3.63) is 27.7 Å². The summed E-state index contributed by atoms with van der Waals surface area (Å²) >= 11 is 11.5. The zero-order valence-corrected chi connectivity index (χ0v) is 9.69. The fourth-order valence-corrected chi connectivity index (χ4v) is 1.64. The Bertz CT molecular complexity index is 396. The monoisotopic (exact) mass is 266 g/mol. The van der Waals surface area contributed by atoms with E-state index in [9.17, 15) is 9.18 Å². The number of hydrogen-bond acceptors (Lipinski definition) is 2. The number of carboxylic acids is 1. The number of halogens is 3. The van der Waals surface area contributed by atoms with Gasteiger partial charge in [0.25, 0.3) is 0 Å². The first-order chi connectivity index (χ1) is 7.56. The Morgan fingerprint density at radius 2 is 2.12 bits per heavy atom. The molecule has 0 radical (unpaired) electrons. The molecule has 0 aliphatic carbocycles. The number of aromatic carboxylic acids is 1. The summed E-state index contributed by atoms with van der Waals surface area (Å²) in [6.07, 6.45) is 0.179. The van der Waals surface area contributed by atoms with Crippen molar-refractivity contribution in [3.8, 4) is 5.75 Å². The van der Waals surface area contributed by atoms with E-state index in [1.54, 1.807) is 0 Å². The van der Waals surface area contributed by atoms with Crippen molar-refractivity contribution in [2.24, 2.45) is 0 Å². The fourth-order valence-electron chi connectivity index (χ4n) is 1.09. The minimum absolute atomic E-state index is 0.0204. The summed E-state index contributed by atoms with van der Waals surface area (Å²) in [4.78, 5) is 10.9. The van der Waals surface area contributed by atoms with Gasteiger partial charge in [-0.2, -0.15) is 0 Å². The van der Waals surface area contributed by atoms with Gasteiger partial charge in [0.1, 0.15) is 5.56 Å². The molecule has 0 saturated carbocycles. The normalized spacial score (nSPS) is 10.2. The van der Waals surface area contributed by atoms with E-state index >= 15 is 0 Å². The first kappa shape index (κ1) is 13.1. The van der Waals surface area contributed by atoms with Crippen molar-refractivity contribution >= 4 is 29.2 Å². The molecular formula is C10H9Cl2FO3. The average Bonchev–Trinajstić information content (AvgIpc) is 2.20. The van der Waals surface area contributed by atoms with Gasteiger partial charge in [0.15, 0.2) is 5.75 Å². The number of rotatable bonds is 5. The van der Waals surface area contributed by atoms with Crippen LogP contribution in [0.3, 0.4) is 0 Å². The summed E-state index contributed by atoms with van der Waals surface area (Å²) in [7, 11) is 0. The second kappa shape index (κ2) is 5.92. The molecule has 3 nitrogen and oxygen atoms in total. The molecule has 0 bridgehead atoms. The summed E-state index contributed by atoms with van der Waals surface area (Å²) < 4.78 is 17.0. The lowest BCUT2D eigenvalue weighted by atomic mass is 10.2. The SMILES string of the molecule is O=C(O)c1cc(Cl)cc(Cl)c1OCCCF. The van der Waals surface area contributed by atoms with Gasteiger partial charge >= 0.3 is 5.97 Å². The van der Waals surface area contributed by atoms with Crippen LogP contribution >= 0.6 is 23.2 Å². The van der Waals surface area contributed by atoms with Crippen LogP contribution in [-0.4, -0.2) is 24.4 Å². The third-order valence-electron chi connectivity index (χ3n) is 1.76. The lowest BCUT2D eigenvalue weighted by Gasteiger charge is -2.10. The summed E-state index contributed by atoms with van der Waals surface area (Å²) in [6.45, 7) is -0.467. The first-order valence-corrected chi connectivity index (χ1v) is 5.23. The predicted molar refractivity (Wildman–Crippen MR) is 59.5 cm³/mol. The van der Waals surface area contributed by atoms with Gasteiger partial charge in [0.05, 0.1) is 18.3 Å². The highest BCUT2D eigenvalue weighted by Gasteiger charge is 2.16. The highest BCUT2D eigenvalue weighted by Crippen LogP contribution is 2.32. The zero-order chi connectivity index (χ0) is 12.1. The van der Waals surface area contributed by atoms with E-state index in [1.807, 2.05) is 0 Å². The molecule has 0 atom stereocenters. The first-order valence-electron chi connectivity index (χ1n) is 4.47. The van der Waals surface area contributed by atoms with Crippen LogP contribution in [-0.2, 0) is 0 Å². The zero-order valence-electron chi connectivity index (χ0n) is 8.17. The molecular weight excluding hydrogens is 258 g/mol. The smallest absolute Gasteiger partial charge is 0.339 e. The van der Waals surface area contributed by atoms with Crippen LogP contribution in [0.4, 0.5) is 4.39 Å². The largest absolute Gasteiger partial charge is 0.491 e. The number of ether oxygens (including phenoxy) is 1. The van der Waals surface area contributed by atoms with Crippen molar-refractivity contribution in [2.45, 2.75) is 6.42 Å². The summed E-state index contributed by atoms with van der Waals surface area (Å²) in [6, 6.07) is 2.61. The van der Waals surface area contributed by atoms with Crippen LogP contribution in [0.25, 0.3) is 0 Å². The van der Waals surface area contributed by atoms with E-state index in [1.165, 1.54) is 12.1 Å². The van der Waals surface area contributed by atoms with Crippen LogP contribution < -0.4 is 4.74 Å². The molecule has 1 aromatic carbocycles. The Labute approximate surface area is 102 Å². The molecule has 1 rings (SSSR count). The topological polar surface area (TPSA) is 46.5 Å². The van der Waals surface area contributed by atoms with E-state index in [0.717, 1.165) is 0 Å². The quantitative estimate of drug-likeness (QED) is 0.831. The van der Waals surface area contributed by atoms with E-state index in [2.05, 4.69) is 0 Å². The maximum absolute atomic E-state index is 11.9. The number of hydrogen-bond donors (Lipinski definition) is 1. The lowest BCUT2D eigenvalue weighted by Crippen LogP contribution is -2.05. The molecule has 0 fully saturated rings. The molecule has 16 heavy (non-hydrogen) atoms. The summed E-state index contributed by atoms with van der Waals surface area (Å²) in [5.41, 5.74) is -0.128. The molecule has 88 valence electrons. The van der Waals surface area contributed by atoms with Crippen LogP contribution in [0.5, 0.6) is 5.75 Å². The van der Waals surface area contributed by atoms with Gasteiger partial charge in [-0.25, -0.2) is 4.79 Å². The maximum Gasteiger partial charge on any atom is 0.339 e. The Morgan fingerprint density at radius 3 is 2.69 bits per heavy atom. The number of carbonyl (C=O) groups is 1. The lowest BCUT2D eigenvalue weighted by molar-refractivity contribution is 0.0692. The Hall–Kier alpha value is -1.00. The summed E-state index contributed by atoms with van der Waals surface area (Å²) in [5.74, 6) is -1.17. The molecule has 0 spiro atoms. The van der Waals surface area contributed by atoms with Gasteiger partial charge in [-0.3, -0.25) is 4.39 Å². The minimum atomic E-state index is -1.19. The standard InChI is InChI=1S/C10H9Cl2FO3/c11-6-4-7(10(14)15)9(8(12)5-6)16-3-1-2-13/h4-5H,1-3H2,(H,14,15). The predicted octanol–water partition coefficient (Wildman–Crippen LogP) is 3.43. The van der Waals surface area contributed by atoms with Crippen molar-refractivity contribution in [2.75, 3.05) is 13.3 Å². The molecule has 1 N–H and O–H groups in total. The van der Waals surface area contributed by atoms with Gasteiger partial charge in [-0.1, -0.05) is 23.2 Å². The summed E-state index contributed by atoms with van der Waals surface area (Å²) in [5, 5.41) is 9.21. The second-order valence-electron chi connectivity index (χ2n) is 2.96. The van der Waals surface area contributed by atoms with Crippen LogP contribution in [0.15, 0.2) is 12.1 Å². The highest BCUT2D eigenvalue weighted by atomic mass is 35.5. The Kier molecular flexibility index (Phi) is 4.83. The average molecular weight is 267 g/mol. The van der Waals surface area contributed by atoms with Crippen LogP contribution in [0, 0.1) is 0 Å². The van der Waals surface area contributed by atoms with Crippen molar-refractivity contribution < 1.29 is 19.0 Å². The Balaban J connectivity index is 2.99. The van der Waals surface area contributed by atoms with Crippen molar-refractivity contribution in [1.29, 1.82) is 0 Å². The highest BCUT2D eigenvalue weighted by molar-refractivity contribution is 6.36. The van der Waals surface area contributed by atoms with Crippen molar-refractivity contribution in [1.82, 2.24) is 0 Å². The van der Waals surface area contributed by atoms with E-state index in [0.29, 0.717) is 0 Å². The second-order valence-corrected chi connectivity index (χ2v) is 3.80.